The maximum atomic E-state index is 13.6. The summed E-state index contributed by atoms with van der Waals surface area (Å²) in [5.41, 5.74) is -1.18. The first kappa shape index (κ1) is 39.7. The van der Waals surface area contributed by atoms with Crippen molar-refractivity contribution in [3.8, 4) is 0 Å². The van der Waals surface area contributed by atoms with Gasteiger partial charge < -0.3 is 19.5 Å². The molecule has 2 heterocycles. The number of β-lactam (4-membered cyclic amide) rings is 1. The summed E-state index contributed by atoms with van der Waals surface area (Å²) in [6.45, 7) is 2.28. The van der Waals surface area contributed by atoms with Crippen LogP contribution >= 0.6 is 11.8 Å². The minimum absolute atomic E-state index is 0.0931. The Labute approximate surface area is 303 Å². The van der Waals surface area contributed by atoms with Gasteiger partial charge in [0.25, 0.3) is 11.4 Å². The Kier molecular flexibility index (Phi) is 12.0. The van der Waals surface area contributed by atoms with Crippen LogP contribution in [0.25, 0.3) is 0 Å². The van der Waals surface area contributed by atoms with Gasteiger partial charge in [-0.05, 0) is 37.6 Å². The van der Waals surface area contributed by atoms with Crippen LogP contribution < -0.4 is 0 Å². The third-order valence-electron chi connectivity index (χ3n) is 8.48. The zero-order chi connectivity index (χ0) is 39.5. The van der Waals surface area contributed by atoms with E-state index in [2.05, 4.69) is 4.74 Å². The van der Waals surface area contributed by atoms with Gasteiger partial charge in [-0.1, -0.05) is 18.7 Å². The van der Waals surface area contributed by atoms with Gasteiger partial charge in [0.1, 0.15) is 6.04 Å². The van der Waals surface area contributed by atoms with E-state index in [0.717, 1.165) is 53.4 Å². The summed E-state index contributed by atoms with van der Waals surface area (Å²) in [5, 5.41) is 30.6. The van der Waals surface area contributed by atoms with Crippen molar-refractivity contribution in [3.05, 3.63) is 79.9 Å². The van der Waals surface area contributed by atoms with E-state index in [1.165, 1.54) is 32.8 Å². The summed E-state index contributed by atoms with van der Waals surface area (Å²) < 4.78 is 9.51. The van der Waals surface area contributed by atoms with Gasteiger partial charge in [-0.2, -0.15) is 0 Å². The van der Waals surface area contributed by atoms with Crippen molar-refractivity contribution < 1.29 is 62.8 Å². The van der Waals surface area contributed by atoms with Crippen molar-refractivity contribution in [3.63, 3.8) is 0 Å². The molecule has 2 saturated heterocycles. The molecule has 1 N–H and O–H groups in total. The number of esters is 3. The molecule has 4 amide bonds. The number of nitro groups is 2. The zero-order valence-electron chi connectivity index (χ0n) is 28.3. The summed E-state index contributed by atoms with van der Waals surface area (Å²) in [5.74, 6) is -10.1. The first-order valence-electron chi connectivity index (χ1n) is 15.6. The molecule has 4 rings (SSSR count). The van der Waals surface area contributed by atoms with Gasteiger partial charge in [-0.3, -0.25) is 49.2 Å². The molecular weight excluding hydrogens is 726 g/mol. The fraction of sp³-hybridized carbons (Fsp3) is 0.375. The number of nitrogens with zero attached hydrogens (tertiary/aromatic N) is 5. The maximum absolute atomic E-state index is 13.6. The number of nitro benzene ring substituents is 2. The number of thioether (sulfide) groups is 1. The van der Waals surface area contributed by atoms with Gasteiger partial charge in [0.15, 0.2) is 5.12 Å². The minimum Gasteiger partial charge on any atom is -0.393 e. The van der Waals surface area contributed by atoms with Crippen LogP contribution in [0.2, 0.25) is 0 Å². The lowest BCUT2D eigenvalue weighted by atomic mass is 9.77. The van der Waals surface area contributed by atoms with E-state index >= 15 is 0 Å². The number of imide groups is 1. The van der Waals surface area contributed by atoms with E-state index in [9.17, 15) is 63.7 Å². The number of rotatable bonds is 9. The highest BCUT2D eigenvalue weighted by Gasteiger charge is 2.58. The van der Waals surface area contributed by atoms with Crippen LogP contribution in [-0.2, 0) is 33.4 Å². The van der Waals surface area contributed by atoms with Crippen molar-refractivity contribution in [2.24, 2.45) is 11.8 Å². The van der Waals surface area contributed by atoms with Crippen LogP contribution in [0, 0.1) is 32.1 Å². The van der Waals surface area contributed by atoms with Crippen LogP contribution in [0.1, 0.15) is 41.0 Å². The number of benzene rings is 2. The van der Waals surface area contributed by atoms with Crippen molar-refractivity contribution >= 4 is 70.0 Å². The molecule has 0 unspecified atom stereocenters. The van der Waals surface area contributed by atoms with E-state index in [-0.39, 0.29) is 35.5 Å². The lowest BCUT2D eigenvalue weighted by molar-refractivity contribution is -0.385. The smallest absolute Gasteiger partial charge is 0.393 e. The van der Waals surface area contributed by atoms with E-state index in [1.54, 1.807) is 0 Å². The molecule has 2 aliphatic rings. The molecule has 0 aliphatic carbocycles. The number of hydrogen-bond acceptors (Lipinski definition) is 16. The molecule has 280 valence electrons. The summed E-state index contributed by atoms with van der Waals surface area (Å²) in [7, 11) is 2.84. The Balaban J connectivity index is 1.45. The normalized spacial score (nSPS) is 20.4. The number of carbonyl (C=O) groups is 8. The molecule has 2 fully saturated rings. The fourth-order valence-corrected chi connectivity index (χ4v) is 6.94. The Morgan fingerprint density at radius 3 is 1.81 bits per heavy atom. The molecular formula is C32H31N5O15S. The monoisotopic (exact) mass is 757 g/mol. The lowest BCUT2D eigenvalue weighted by Gasteiger charge is -2.48. The van der Waals surface area contributed by atoms with Gasteiger partial charge in [0.2, 0.25) is 11.8 Å². The number of aliphatic hydroxyl groups is 1. The molecule has 6 atom stereocenters. The Morgan fingerprint density at radius 1 is 0.868 bits per heavy atom. The van der Waals surface area contributed by atoms with Gasteiger partial charge in [-0.15, -0.1) is 0 Å². The molecule has 20 nitrogen and oxygen atoms in total. The van der Waals surface area contributed by atoms with Gasteiger partial charge in [0.05, 0.1) is 39.0 Å². The number of ether oxygens (including phenoxy) is 2. The highest BCUT2D eigenvalue weighted by Crippen LogP contribution is 2.39. The van der Waals surface area contributed by atoms with E-state index in [1.807, 2.05) is 0 Å². The second-order valence-corrected chi connectivity index (χ2v) is 13.5. The highest BCUT2D eigenvalue weighted by molar-refractivity contribution is 8.14. The fourth-order valence-electron chi connectivity index (χ4n) is 5.74. The molecule has 53 heavy (non-hydrogen) atoms. The number of hydrogen-bond donors (Lipinski definition) is 1. The number of non-ortho nitro benzene ring substituents is 2. The van der Waals surface area contributed by atoms with Crippen LogP contribution in [-0.4, -0.2) is 121 Å². The summed E-state index contributed by atoms with van der Waals surface area (Å²) in [6, 6.07) is 5.55. The topological polar surface area (TPSA) is 271 Å². The Bertz CT molecular complexity index is 1880. The third-order valence-corrected chi connectivity index (χ3v) is 9.76. The summed E-state index contributed by atoms with van der Waals surface area (Å²) >= 11 is 0.658. The first-order chi connectivity index (χ1) is 24.8. The molecule has 0 bridgehead atoms. The number of likely N-dealkylation sites (tertiary alicyclic amines) is 2. The Morgan fingerprint density at radius 2 is 1.36 bits per heavy atom. The second-order valence-electron chi connectivity index (χ2n) is 12.2. The van der Waals surface area contributed by atoms with Crippen LogP contribution in [0.15, 0.2) is 48.5 Å². The molecule has 0 radical (unpaired) electrons. The van der Waals surface area contributed by atoms with Crippen LogP contribution in [0.4, 0.5) is 16.2 Å². The molecule has 0 spiro atoms. The standard InChI is InChI=1S/C32H31N5O15S/c1-15(24-23(16(2)38)26(40)35(24)27(41)30(44)51-28(42)17-5-9-19(10-6-17)36(47)48)31(45)53-21-13-22(25(39)33(3)4)34(14-21)32(46)52-29(43)18-7-11-20(12-8-18)37(49)50/h5-12,15-16,21-24,38H,13-14H2,1-4H3/t15-,16-,21+,22+,23+,24+/m0/s1. The van der Waals surface area contributed by atoms with Crippen molar-refractivity contribution in [1.29, 1.82) is 0 Å². The van der Waals surface area contributed by atoms with Gasteiger partial charge >= 0.3 is 29.9 Å². The van der Waals surface area contributed by atoms with Crippen molar-refractivity contribution in [2.45, 2.75) is 43.7 Å². The molecule has 2 aromatic rings. The highest BCUT2D eigenvalue weighted by atomic mass is 32.2. The molecule has 21 heteroatoms. The molecule has 0 aromatic heterocycles. The SMILES string of the molecule is C[C@H](O)[C@H]1C(=O)N(C(=O)C(=O)OC(=O)c2ccc([N+](=O)[O-])cc2)[C@@H]1[C@H](C)C(=O)S[C@@H]1C[C@H](C(=O)N(C)C)N(C(=O)OC(=O)c2ccc([N+](=O)[O-])cc2)C1. The number of amides is 4. The number of carbonyl (C=O) groups excluding carboxylic acids is 8. The first-order valence-corrected chi connectivity index (χ1v) is 16.5. The van der Waals surface area contributed by atoms with Gasteiger partial charge in [0, 0.05) is 56.1 Å². The van der Waals surface area contributed by atoms with Crippen molar-refractivity contribution in [2.75, 3.05) is 20.6 Å². The number of aliphatic hydroxyl groups excluding tert-OH is 1. The van der Waals surface area contributed by atoms with E-state index < -0.39 is 92.0 Å². The zero-order valence-corrected chi connectivity index (χ0v) is 29.1. The molecule has 2 aromatic carbocycles. The largest absolute Gasteiger partial charge is 0.418 e. The minimum atomic E-state index is -1.79. The quantitative estimate of drug-likeness (QED) is 0.0943. The maximum Gasteiger partial charge on any atom is 0.418 e. The lowest BCUT2D eigenvalue weighted by Crippen LogP contribution is -2.70. The van der Waals surface area contributed by atoms with E-state index in [0.29, 0.717) is 16.7 Å². The molecule has 0 saturated carbocycles. The molecule has 2 aliphatic heterocycles. The Hall–Kier alpha value is -6.09. The van der Waals surface area contributed by atoms with Crippen LogP contribution in [0.3, 0.4) is 0 Å². The van der Waals surface area contributed by atoms with Crippen LogP contribution in [0.5, 0.6) is 0 Å². The van der Waals surface area contributed by atoms with E-state index in [4.69, 9.17) is 4.74 Å². The third kappa shape index (κ3) is 8.52. The van der Waals surface area contributed by atoms with Gasteiger partial charge in [-0.25, -0.2) is 19.2 Å². The predicted molar refractivity (Wildman–Crippen MR) is 178 cm³/mol. The summed E-state index contributed by atoms with van der Waals surface area (Å²) in [6.07, 6.45) is -2.71. The number of likely N-dealkylation sites (N-methyl/N-ethyl adjacent to an activating group) is 1. The predicted octanol–water partition coefficient (Wildman–Crippen LogP) is 1.32. The second kappa shape index (κ2) is 16.1. The average Bonchev–Trinajstić information content (AvgIpc) is 3.53. The average molecular weight is 758 g/mol. The van der Waals surface area contributed by atoms with Crippen molar-refractivity contribution in [1.82, 2.24) is 14.7 Å². The summed E-state index contributed by atoms with van der Waals surface area (Å²) in [4.78, 5) is 126.